The van der Waals surface area contributed by atoms with Crippen molar-refractivity contribution in [3.8, 4) is 0 Å². The molecule has 7 nitrogen and oxygen atoms in total. The molecule has 0 radical (unpaired) electrons. The van der Waals surface area contributed by atoms with E-state index in [-0.39, 0.29) is 24.4 Å². The van der Waals surface area contributed by atoms with Crippen LogP contribution in [0.5, 0.6) is 0 Å². The molecule has 0 spiro atoms. The predicted octanol–water partition coefficient (Wildman–Crippen LogP) is 1.72. The molecule has 1 aliphatic carbocycles. The van der Waals surface area contributed by atoms with Gasteiger partial charge in [-0.25, -0.2) is 13.9 Å². The Bertz CT molecular complexity index is 755. The van der Waals surface area contributed by atoms with Gasteiger partial charge in [0.2, 0.25) is 5.91 Å². The third kappa shape index (κ3) is 4.30. The van der Waals surface area contributed by atoms with E-state index in [4.69, 9.17) is 0 Å². The van der Waals surface area contributed by atoms with Gasteiger partial charge < -0.3 is 15.5 Å². The lowest BCUT2D eigenvalue weighted by Crippen LogP contribution is -2.54. The molecule has 1 unspecified atom stereocenters. The third-order valence-electron chi connectivity index (χ3n) is 4.94. The number of fused-ring (bicyclic) bond motifs is 1. The highest BCUT2D eigenvalue weighted by atomic mass is 19.1. The van der Waals surface area contributed by atoms with E-state index >= 15 is 0 Å². The van der Waals surface area contributed by atoms with Gasteiger partial charge >= 0.3 is 0 Å². The van der Waals surface area contributed by atoms with Gasteiger partial charge in [-0.2, -0.15) is 5.10 Å². The zero-order valence-corrected chi connectivity index (χ0v) is 15.6. The lowest BCUT2D eigenvalue weighted by Gasteiger charge is -2.42. The predicted molar refractivity (Wildman–Crippen MR) is 98.8 cm³/mol. The fraction of sp³-hybridized carbons (Fsp3) is 0.611. The summed E-state index contributed by atoms with van der Waals surface area (Å²) in [4.78, 5) is 18.4. The molecule has 26 heavy (non-hydrogen) atoms. The summed E-state index contributed by atoms with van der Waals surface area (Å²) >= 11 is 0. The van der Waals surface area contributed by atoms with Crippen molar-refractivity contribution in [2.24, 2.45) is 5.92 Å². The Kier molecular flexibility index (Phi) is 5.41. The van der Waals surface area contributed by atoms with Crippen molar-refractivity contribution in [1.29, 1.82) is 0 Å². The summed E-state index contributed by atoms with van der Waals surface area (Å²) in [6, 6.07) is 3.82. The van der Waals surface area contributed by atoms with Crippen LogP contribution in [0.15, 0.2) is 24.7 Å². The first-order chi connectivity index (χ1) is 12.4. The van der Waals surface area contributed by atoms with E-state index in [0.29, 0.717) is 18.7 Å². The van der Waals surface area contributed by atoms with E-state index in [1.807, 2.05) is 44.2 Å². The normalized spacial score (nSPS) is 23.7. The minimum atomic E-state index is -1.35. The topological polar surface area (TPSA) is 74.6 Å². The molecule has 8 heteroatoms. The number of amides is 1. The molecule has 2 aromatic heterocycles. The molecule has 1 fully saturated rings. The van der Waals surface area contributed by atoms with Crippen LogP contribution in [0.4, 0.5) is 10.2 Å². The molecule has 1 saturated carbocycles. The van der Waals surface area contributed by atoms with Crippen LogP contribution in [-0.2, 0) is 4.79 Å². The molecule has 2 aromatic rings. The largest absolute Gasteiger partial charge is 0.365 e. The monoisotopic (exact) mass is 362 g/mol. The van der Waals surface area contributed by atoms with Crippen molar-refractivity contribution in [3.05, 3.63) is 24.7 Å². The third-order valence-corrected chi connectivity index (χ3v) is 4.94. The fourth-order valence-corrected chi connectivity index (χ4v) is 3.24. The van der Waals surface area contributed by atoms with Crippen molar-refractivity contribution in [2.75, 3.05) is 32.5 Å². The van der Waals surface area contributed by atoms with E-state index in [2.05, 4.69) is 20.7 Å². The summed E-state index contributed by atoms with van der Waals surface area (Å²) in [6.45, 7) is 2.79. The van der Waals surface area contributed by atoms with Gasteiger partial charge in [0.05, 0.1) is 6.54 Å². The minimum absolute atomic E-state index is 0.0108. The number of anilines is 1. The molecule has 1 aliphatic rings. The number of aromatic nitrogens is 3. The minimum Gasteiger partial charge on any atom is -0.365 e. The van der Waals surface area contributed by atoms with Gasteiger partial charge in [-0.15, -0.1) is 0 Å². The quantitative estimate of drug-likeness (QED) is 0.748. The summed E-state index contributed by atoms with van der Waals surface area (Å²) in [5.41, 5.74) is -0.480. The maximum atomic E-state index is 14.7. The zero-order chi connectivity index (χ0) is 18.7. The number of hydrogen-bond donors (Lipinski definition) is 2. The van der Waals surface area contributed by atoms with Crippen molar-refractivity contribution in [3.63, 3.8) is 0 Å². The number of alkyl halides is 1. The first-order valence-electron chi connectivity index (χ1n) is 9.02. The van der Waals surface area contributed by atoms with Gasteiger partial charge in [0.1, 0.15) is 17.5 Å². The molecule has 1 atom stereocenters. The first-order valence-corrected chi connectivity index (χ1v) is 9.02. The highest BCUT2D eigenvalue weighted by Gasteiger charge is 2.45. The van der Waals surface area contributed by atoms with Crippen LogP contribution >= 0.6 is 0 Å². The summed E-state index contributed by atoms with van der Waals surface area (Å²) in [7, 11) is 3.95. The van der Waals surface area contributed by atoms with Crippen LogP contribution < -0.4 is 10.6 Å². The Balaban J connectivity index is 1.45. The van der Waals surface area contributed by atoms with Crippen LogP contribution in [0.3, 0.4) is 0 Å². The van der Waals surface area contributed by atoms with Crippen LogP contribution in [0, 0.1) is 5.92 Å². The van der Waals surface area contributed by atoms with Crippen LogP contribution in [0.1, 0.15) is 26.2 Å². The van der Waals surface area contributed by atoms with Gasteiger partial charge in [0.15, 0.2) is 5.82 Å². The molecule has 3 rings (SSSR count). The van der Waals surface area contributed by atoms with Gasteiger partial charge in [-0.1, -0.05) is 6.92 Å². The number of carbonyl (C=O) groups excluding carboxylic acids is 1. The molecule has 2 N–H and O–H groups in total. The Labute approximate surface area is 153 Å². The van der Waals surface area contributed by atoms with Crippen LogP contribution in [-0.4, -0.2) is 64.3 Å². The van der Waals surface area contributed by atoms with Gasteiger partial charge in [-0.3, -0.25) is 4.79 Å². The Morgan fingerprint density at radius 2 is 2.27 bits per heavy atom. The summed E-state index contributed by atoms with van der Waals surface area (Å²) in [5, 5.41) is 10.2. The average Bonchev–Trinajstić information content (AvgIpc) is 3.05. The Morgan fingerprint density at radius 3 is 3.00 bits per heavy atom. The zero-order valence-electron chi connectivity index (χ0n) is 15.6. The lowest BCUT2D eigenvalue weighted by molar-refractivity contribution is -0.126. The van der Waals surface area contributed by atoms with Crippen LogP contribution in [0.25, 0.3) is 5.52 Å². The average molecular weight is 362 g/mol. The maximum Gasteiger partial charge on any atom is 0.222 e. The molecule has 142 valence electrons. The molecular weight excluding hydrogens is 335 g/mol. The molecule has 0 aliphatic heterocycles. The Hall–Kier alpha value is -2.22. The van der Waals surface area contributed by atoms with Gasteiger partial charge in [0, 0.05) is 31.0 Å². The standard InChI is InChI=1S/C18H27FN6O/c1-13(6-8-24(2)3)17(26)20-11-18(19)9-14(10-18)23-16-15-5-4-7-25(15)22-12-21-16/h4-5,7,12-14H,6,8-11H2,1-3H3,(H,20,26)(H,21,22,23). The molecule has 0 saturated heterocycles. The second kappa shape index (κ2) is 7.57. The number of nitrogens with one attached hydrogen (secondary N) is 2. The summed E-state index contributed by atoms with van der Waals surface area (Å²) in [6.07, 6.45) is 4.80. The van der Waals surface area contributed by atoms with Gasteiger partial charge in [-0.05, 0) is 39.2 Å². The number of hydrogen-bond acceptors (Lipinski definition) is 5. The second-order valence-electron chi connectivity index (χ2n) is 7.56. The van der Waals surface area contributed by atoms with Crippen molar-refractivity contribution in [2.45, 2.75) is 37.9 Å². The first kappa shape index (κ1) is 18.6. The molecule has 2 heterocycles. The highest BCUT2D eigenvalue weighted by molar-refractivity contribution is 5.78. The number of nitrogens with zero attached hydrogens (tertiary/aromatic N) is 4. The number of halogens is 1. The smallest absolute Gasteiger partial charge is 0.222 e. The van der Waals surface area contributed by atoms with Crippen molar-refractivity contribution >= 4 is 17.2 Å². The highest BCUT2D eigenvalue weighted by Crippen LogP contribution is 2.37. The second-order valence-corrected chi connectivity index (χ2v) is 7.56. The van der Waals surface area contributed by atoms with E-state index in [1.165, 1.54) is 6.33 Å². The van der Waals surface area contributed by atoms with E-state index in [1.54, 1.807) is 4.52 Å². The Morgan fingerprint density at radius 1 is 1.50 bits per heavy atom. The molecule has 0 aromatic carbocycles. The van der Waals surface area contributed by atoms with Crippen LogP contribution in [0.2, 0.25) is 0 Å². The number of carbonyl (C=O) groups is 1. The maximum absolute atomic E-state index is 14.7. The van der Waals surface area contributed by atoms with E-state index in [0.717, 1.165) is 18.5 Å². The van der Waals surface area contributed by atoms with Gasteiger partial charge in [0.25, 0.3) is 0 Å². The molecule has 0 bridgehead atoms. The molecule has 1 amide bonds. The molecular formula is C18H27FN6O. The van der Waals surface area contributed by atoms with Crippen molar-refractivity contribution < 1.29 is 9.18 Å². The fourth-order valence-electron chi connectivity index (χ4n) is 3.24. The van der Waals surface area contributed by atoms with E-state index in [9.17, 15) is 9.18 Å². The summed E-state index contributed by atoms with van der Waals surface area (Å²) < 4.78 is 16.5. The van der Waals surface area contributed by atoms with E-state index < -0.39 is 5.67 Å². The lowest BCUT2D eigenvalue weighted by atomic mass is 9.77. The summed E-state index contributed by atoms with van der Waals surface area (Å²) in [5.74, 6) is 0.517. The van der Waals surface area contributed by atoms with Crippen molar-refractivity contribution in [1.82, 2.24) is 24.8 Å². The number of rotatable bonds is 8. The SMILES string of the molecule is CC(CCN(C)C)C(=O)NCC1(F)CC(Nc2ncnn3cccc23)C1.